The van der Waals surface area contributed by atoms with Crippen molar-refractivity contribution in [2.75, 3.05) is 7.11 Å². The summed E-state index contributed by atoms with van der Waals surface area (Å²) >= 11 is 0. The molecule has 0 radical (unpaired) electrons. The van der Waals surface area contributed by atoms with Gasteiger partial charge in [-0.15, -0.1) is 0 Å². The minimum atomic E-state index is -0.0358. The Hall–Kier alpha value is -1.38. The molecule has 0 saturated carbocycles. The molecule has 0 spiro atoms. The summed E-state index contributed by atoms with van der Waals surface area (Å²) in [5.74, 6) is 0.565. The number of benzene rings is 1. The van der Waals surface area contributed by atoms with E-state index in [9.17, 15) is 10.2 Å². The van der Waals surface area contributed by atoms with Crippen LogP contribution in [0.3, 0.4) is 0 Å². The van der Waals surface area contributed by atoms with E-state index in [-0.39, 0.29) is 11.5 Å². The van der Waals surface area contributed by atoms with Crippen molar-refractivity contribution >= 4 is 0 Å². The van der Waals surface area contributed by atoms with Crippen LogP contribution in [0.1, 0.15) is 192 Å². The molecule has 0 atom stereocenters. The summed E-state index contributed by atoms with van der Waals surface area (Å²) < 4.78 is 5.74. The molecule has 0 fully saturated rings. The van der Waals surface area contributed by atoms with Gasteiger partial charge in [-0.3, -0.25) is 0 Å². The largest absolute Gasteiger partial charge is 0.504 e. The van der Waals surface area contributed by atoms with Gasteiger partial charge in [-0.1, -0.05) is 156 Å². The number of methoxy groups -OCH3 is 1. The Labute approximate surface area is 249 Å². The summed E-state index contributed by atoms with van der Waals surface area (Å²) in [5.41, 5.74) is 3.45. The molecule has 0 aliphatic rings. The van der Waals surface area contributed by atoms with Crippen LogP contribution in [-0.4, -0.2) is 17.3 Å². The Morgan fingerprint density at radius 1 is 0.375 bits per heavy atom. The van der Waals surface area contributed by atoms with E-state index in [2.05, 4.69) is 20.8 Å². The molecule has 3 nitrogen and oxygen atoms in total. The van der Waals surface area contributed by atoms with Crippen LogP contribution in [0.5, 0.6) is 17.2 Å². The predicted octanol–water partition coefficient (Wildman–Crippen LogP) is 12.2. The Bertz CT molecular complexity index is 727. The molecule has 0 amide bonds. The van der Waals surface area contributed by atoms with E-state index in [0.717, 1.165) is 44.1 Å². The van der Waals surface area contributed by atoms with Gasteiger partial charge in [0.2, 0.25) is 5.75 Å². The zero-order valence-corrected chi connectivity index (χ0v) is 27.4. The van der Waals surface area contributed by atoms with Crippen molar-refractivity contribution in [1.29, 1.82) is 0 Å². The molecule has 0 aromatic heterocycles. The minimum absolute atomic E-state index is 0.0358. The van der Waals surface area contributed by atoms with Crippen molar-refractivity contribution in [3.8, 4) is 17.2 Å². The zero-order chi connectivity index (χ0) is 29.3. The van der Waals surface area contributed by atoms with Crippen LogP contribution >= 0.6 is 0 Å². The van der Waals surface area contributed by atoms with Crippen LogP contribution < -0.4 is 4.74 Å². The smallest absolute Gasteiger partial charge is 0.201 e. The van der Waals surface area contributed by atoms with Crippen LogP contribution in [0, 0.1) is 0 Å². The first kappa shape index (κ1) is 36.6. The lowest BCUT2D eigenvalue weighted by molar-refractivity contribution is 0.343. The van der Waals surface area contributed by atoms with E-state index >= 15 is 0 Å². The Balaban J connectivity index is 2.86. The number of phenols is 2. The van der Waals surface area contributed by atoms with Crippen LogP contribution in [0.25, 0.3) is 0 Å². The topological polar surface area (TPSA) is 49.7 Å². The van der Waals surface area contributed by atoms with E-state index in [0.29, 0.717) is 5.75 Å². The van der Waals surface area contributed by atoms with Crippen molar-refractivity contribution in [1.82, 2.24) is 0 Å². The first-order valence-corrected chi connectivity index (χ1v) is 17.7. The standard InChI is InChI=1S/C37H68O3/c1-5-8-11-14-17-20-23-26-29-32-33(30-27-24-21-18-15-12-9-6-2)35(38)36(39)37(40-4)34(32)31-28-25-22-19-16-13-10-7-3/h38-39H,5-31H2,1-4H3. The molecule has 0 bridgehead atoms. The van der Waals surface area contributed by atoms with Gasteiger partial charge in [-0.25, -0.2) is 0 Å². The Morgan fingerprint density at radius 3 is 1.02 bits per heavy atom. The lowest BCUT2D eigenvalue weighted by Gasteiger charge is -2.22. The number of aromatic hydroxyl groups is 2. The van der Waals surface area contributed by atoms with Crippen molar-refractivity contribution in [3.05, 3.63) is 16.7 Å². The maximum absolute atomic E-state index is 11.1. The molecule has 1 aromatic rings. The van der Waals surface area contributed by atoms with Gasteiger partial charge in [0, 0.05) is 11.1 Å². The average Bonchev–Trinajstić information content (AvgIpc) is 2.96. The third-order valence-electron chi connectivity index (χ3n) is 8.77. The fourth-order valence-electron chi connectivity index (χ4n) is 6.22. The van der Waals surface area contributed by atoms with Crippen LogP contribution in [0.4, 0.5) is 0 Å². The second kappa shape index (κ2) is 25.3. The highest BCUT2D eigenvalue weighted by Crippen LogP contribution is 2.45. The van der Waals surface area contributed by atoms with Gasteiger partial charge in [0.1, 0.15) is 0 Å². The summed E-state index contributed by atoms with van der Waals surface area (Å²) in [6.07, 6.45) is 33.7. The molecular formula is C37H68O3. The number of phenolic OH excluding ortho intramolecular Hbond substituents is 2. The molecule has 234 valence electrons. The van der Waals surface area contributed by atoms with Crippen molar-refractivity contribution < 1.29 is 14.9 Å². The summed E-state index contributed by atoms with van der Waals surface area (Å²) in [7, 11) is 1.64. The molecule has 0 aliphatic carbocycles. The highest BCUT2D eigenvalue weighted by atomic mass is 16.5. The number of hydrogen-bond acceptors (Lipinski definition) is 3. The molecule has 0 unspecified atom stereocenters. The van der Waals surface area contributed by atoms with Gasteiger partial charge in [0.15, 0.2) is 11.5 Å². The van der Waals surface area contributed by atoms with Crippen LogP contribution in [0.2, 0.25) is 0 Å². The highest BCUT2D eigenvalue weighted by Gasteiger charge is 2.23. The van der Waals surface area contributed by atoms with Crippen LogP contribution in [0.15, 0.2) is 0 Å². The summed E-state index contributed by atoms with van der Waals surface area (Å²) in [4.78, 5) is 0. The second-order valence-corrected chi connectivity index (χ2v) is 12.3. The van der Waals surface area contributed by atoms with E-state index in [1.54, 1.807) is 7.11 Å². The number of rotatable bonds is 28. The number of ether oxygens (including phenoxy) is 1. The molecule has 0 saturated heterocycles. The van der Waals surface area contributed by atoms with Crippen molar-refractivity contribution in [2.24, 2.45) is 0 Å². The van der Waals surface area contributed by atoms with Crippen molar-refractivity contribution in [2.45, 2.75) is 194 Å². The monoisotopic (exact) mass is 561 g/mol. The summed E-state index contributed by atoms with van der Waals surface area (Å²) in [5, 5.41) is 22.1. The van der Waals surface area contributed by atoms with Gasteiger partial charge < -0.3 is 14.9 Å². The first-order valence-electron chi connectivity index (χ1n) is 17.7. The second-order valence-electron chi connectivity index (χ2n) is 12.3. The third kappa shape index (κ3) is 15.6. The lowest BCUT2D eigenvalue weighted by Crippen LogP contribution is -2.06. The Kier molecular flexibility index (Phi) is 23.2. The molecule has 3 heteroatoms. The van der Waals surface area contributed by atoms with Gasteiger partial charge in [-0.05, 0) is 44.1 Å². The van der Waals surface area contributed by atoms with Gasteiger partial charge in [0.25, 0.3) is 0 Å². The normalized spacial score (nSPS) is 11.4. The molecule has 1 aromatic carbocycles. The molecule has 0 aliphatic heterocycles. The maximum atomic E-state index is 11.1. The first-order chi connectivity index (χ1) is 19.6. The van der Waals surface area contributed by atoms with Gasteiger partial charge in [0.05, 0.1) is 7.11 Å². The summed E-state index contributed by atoms with van der Waals surface area (Å²) in [6.45, 7) is 6.82. The third-order valence-corrected chi connectivity index (χ3v) is 8.77. The zero-order valence-electron chi connectivity index (χ0n) is 27.4. The van der Waals surface area contributed by atoms with Gasteiger partial charge in [-0.2, -0.15) is 0 Å². The van der Waals surface area contributed by atoms with Crippen molar-refractivity contribution in [3.63, 3.8) is 0 Å². The lowest BCUT2D eigenvalue weighted by atomic mass is 9.88. The van der Waals surface area contributed by atoms with E-state index in [1.165, 1.54) is 146 Å². The molecular weight excluding hydrogens is 492 g/mol. The SMILES string of the molecule is CCCCCCCCCCc1c(O)c(O)c(OC)c(CCCCCCCCCC)c1CCCCCCCCCC. The minimum Gasteiger partial charge on any atom is -0.504 e. The molecule has 2 N–H and O–H groups in total. The number of hydrogen-bond donors (Lipinski definition) is 2. The van der Waals surface area contributed by atoms with Gasteiger partial charge >= 0.3 is 0 Å². The summed E-state index contributed by atoms with van der Waals surface area (Å²) in [6, 6.07) is 0. The van der Waals surface area contributed by atoms with E-state index in [1.807, 2.05) is 0 Å². The van der Waals surface area contributed by atoms with E-state index < -0.39 is 0 Å². The average molecular weight is 561 g/mol. The number of unbranched alkanes of at least 4 members (excludes halogenated alkanes) is 21. The fourth-order valence-corrected chi connectivity index (χ4v) is 6.22. The molecule has 0 heterocycles. The fraction of sp³-hybridized carbons (Fsp3) is 0.838. The maximum Gasteiger partial charge on any atom is 0.201 e. The highest BCUT2D eigenvalue weighted by molar-refractivity contribution is 5.62. The quantitative estimate of drug-likeness (QED) is 0.0791. The molecule has 1 rings (SSSR count). The van der Waals surface area contributed by atoms with Crippen LogP contribution in [-0.2, 0) is 19.3 Å². The predicted molar refractivity (Wildman–Crippen MR) is 175 cm³/mol. The Morgan fingerprint density at radius 2 is 0.675 bits per heavy atom. The molecule has 40 heavy (non-hydrogen) atoms. The van der Waals surface area contributed by atoms with E-state index in [4.69, 9.17) is 4.74 Å².